The molecule has 0 aromatic heterocycles. The van der Waals surface area contributed by atoms with Crippen molar-refractivity contribution in [2.75, 3.05) is 29.7 Å². The molecule has 2 nitrogen and oxygen atoms in total. The highest BCUT2D eigenvalue weighted by Gasteiger charge is 2.12. The summed E-state index contributed by atoms with van der Waals surface area (Å²) in [6, 6.07) is 7.53. The zero-order valence-corrected chi connectivity index (χ0v) is 12.0. The molecular formula is C12H16Cl3NO. The molecule has 0 spiro atoms. The number of hydrogen-bond acceptors (Lipinski definition) is 2. The van der Waals surface area contributed by atoms with Crippen molar-refractivity contribution in [3.8, 4) is 0 Å². The normalized spacial score (nSPS) is 9.59. The number of anilines is 1. The van der Waals surface area contributed by atoms with E-state index in [0.29, 0.717) is 24.8 Å². The lowest BCUT2D eigenvalue weighted by Crippen LogP contribution is -2.29. The third-order valence-corrected chi connectivity index (χ3v) is 2.67. The fourth-order valence-corrected chi connectivity index (χ4v) is 2.01. The van der Waals surface area contributed by atoms with Crippen LogP contribution in [0.5, 0.6) is 0 Å². The minimum Gasteiger partial charge on any atom is -0.369 e. The van der Waals surface area contributed by atoms with Crippen LogP contribution in [0.2, 0.25) is 0 Å². The summed E-state index contributed by atoms with van der Waals surface area (Å²) in [4.78, 5) is 13.5. The first kappa shape index (κ1) is 16.6. The fraction of sp³-hybridized carbons (Fsp3) is 0.417. The average Bonchev–Trinajstić information content (AvgIpc) is 2.29. The molecule has 1 aromatic carbocycles. The number of alkyl halides is 2. The zero-order chi connectivity index (χ0) is 12.0. The van der Waals surface area contributed by atoms with Crippen LogP contribution in [0, 0.1) is 0 Å². The summed E-state index contributed by atoms with van der Waals surface area (Å²) in [6.45, 7) is 2.95. The zero-order valence-electron chi connectivity index (χ0n) is 9.66. The van der Waals surface area contributed by atoms with Crippen LogP contribution < -0.4 is 4.90 Å². The molecule has 0 unspecified atom stereocenters. The molecule has 1 rings (SSSR count). The van der Waals surface area contributed by atoms with Crippen LogP contribution >= 0.6 is 35.6 Å². The molecule has 96 valence electrons. The third-order valence-electron chi connectivity index (χ3n) is 2.33. The maximum Gasteiger partial charge on any atom is 0.161 e. The van der Waals surface area contributed by atoms with Gasteiger partial charge in [0.2, 0.25) is 0 Å². The van der Waals surface area contributed by atoms with Crippen LogP contribution in [-0.4, -0.2) is 30.6 Å². The van der Waals surface area contributed by atoms with Gasteiger partial charge >= 0.3 is 0 Å². The molecule has 0 saturated heterocycles. The van der Waals surface area contributed by atoms with Gasteiger partial charge in [-0.3, -0.25) is 4.79 Å². The first-order valence-corrected chi connectivity index (χ1v) is 6.24. The van der Waals surface area contributed by atoms with Crippen LogP contribution in [-0.2, 0) is 0 Å². The van der Waals surface area contributed by atoms with Crippen LogP contribution in [0.15, 0.2) is 24.3 Å². The smallest absolute Gasteiger partial charge is 0.161 e. The molecular weight excluding hydrogens is 280 g/mol. The second kappa shape index (κ2) is 8.62. The Morgan fingerprint density at radius 1 is 1.18 bits per heavy atom. The number of carbonyl (C=O) groups excluding carboxylic acids is 1. The molecule has 0 fully saturated rings. The topological polar surface area (TPSA) is 20.3 Å². The molecule has 0 heterocycles. The molecule has 0 aliphatic rings. The Hall–Kier alpha value is -0.440. The standard InChI is InChI=1S/C12H15Cl2NO.ClH/c1-10(16)11-4-2-3-5-12(11)15(8-6-13)9-7-14;/h2-5H,6-9H2,1H3;1H. The Morgan fingerprint density at radius 3 is 2.18 bits per heavy atom. The molecule has 0 amide bonds. The fourth-order valence-electron chi connectivity index (χ4n) is 1.60. The van der Waals surface area contributed by atoms with E-state index in [1.54, 1.807) is 6.92 Å². The highest BCUT2D eigenvalue weighted by atomic mass is 35.5. The minimum atomic E-state index is 0. The van der Waals surface area contributed by atoms with Crippen molar-refractivity contribution in [3.05, 3.63) is 29.8 Å². The SMILES string of the molecule is CC(=O)c1ccccc1N(CCCl)CCCl.Cl. The summed E-state index contributed by atoms with van der Waals surface area (Å²) in [6.07, 6.45) is 0. The lowest BCUT2D eigenvalue weighted by Gasteiger charge is -2.24. The molecule has 0 N–H and O–H groups in total. The van der Waals surface area contributed by atoms with Gasteiger partial charge in [0.1, 0.15) is 0 Å². The van der Waals surface area contributed by atoms with Gasteiger partial charge in [-0.05, 0) is 19.1 Å². The molecule has 1 aromatic rings. The van der Waals surface area contributed by atoms with E-state index in [2.05, 4.69) is 0 Å². The Labute approximate surface area is 118 Å². The van der Waals surface area contributed by atoms with Crippen LogP contribution in [0.4, 0.5) is 5.69 Å². The van der Waals surface area contributed by atoms with Crippen LogP contribution in [0.25, 0.3) is 0 Å². The highest BCUT2D eigenvalue weighted by Crippen LogP contribution is 2.20. The molecule has 0 aliphatic carbocycles. The molecule has 0 atom stereocenters. The molecule has 0 saturated carbocycles. The van der Waals surface area contributed by atoms with Gasteiger partial charge in [-0.25, -0.2) is 0 Å². The predicted molar refractivity (Wildman–Crippen MR) is 77.3 cm³/mol. The summed E-state index contributed by atoms with van der Waals surface area (Å²) in [5.74, 6) is 1.09. The maximum atomic E-state index is 11.5. The first-order chi connectivity index (χ1) is 7.70. The van der Waals surface area contributed by atoms with Crippen LogP contribution in [0.1, 0.15) is 17.3 Å². The Kier molecular flexibility index (Phi) is 8.40. The molecule has 0 aliphatic heterocycles. The largest absolute Gasteiger partial charge is 0.369 e. The van der Waals surface area contributed by atoms with Crippen molar-refractivity contribution in [2.45, 2.75) is 6.92 Å². The Morgan fingerprint density at radius 2 is 1.71 bits per heavy atom. The van der Waals surface area contributed by atoms with Crippen molar-refractivity contribution in [1.82, 2.24) is 0 Å². The second-order valence-electron chi connectivity index (χ2n) is 3.44. The number of benzene rings is 1. The monoisotopic (exact) mass is 295 g/mol. The van der Waals surface area contributed by atoms with Gasteiger partial charge in [0.05, 0.1) is 0 Å². The van der Waals surface area contributed by atoms with Crippen molar-refractivity contribution in [3.63, 3.8) is 0 Å². The number of para-hydroxylation sites is 1. The van der Waals surface area contributed by atoms with E-state index in [9.17, 15) is 4.79 Å². The summed E-state index contributed by atoms with van der Waals surface area (Å²) < 4.78 is 0. The molecule has 5 heteroatoms. The van der Waals surface area contributed by atoms with Crippen molar-refractivity contribution in [1.29, 1.82) is 0 Å². The second-order valence-corrected chi connectivity index (χ2v) is 4.19. The van der Waals surface area contributed by atoms with Crippen molar-refractivity contribution >= 4 is 47.1 Å². The lowest BCUT2D eigenvalue weighted by molar-refractivity contribution is 0.101. The Balaban J connectivity index is 0.00000256. The van der Waals surface area contributed by atoms with E-state index in [1.807, 2.05) is 29.2 Å². The number of halogens is 3. The van der Waals surface area contributed by atoms with Gasteiger partial charge in [-0.2, -0.15) is 0 Å². The van der Waals surface area contributed by atoms with E-state index < -0.39 is 0 Å². The van der Waals surface area contributed by atoms with Gasteiger partial charge in [0.15, 0.2) is 5.78 Å². The number of carbonyl (C=O) groups is 1. The summed E-state index contributed by atoms with van der Waals surface area (Å²) in [7, 11) is 0. The van der Waals surface area contributed by atoms with E-state index in [4.69, 9.17) is 23.2 Å². The number of hydrogen-bond donors (Lipinski definition) is 0. The maximum absolute atomic E-state index is 11.5. The highest BCUT2D eigenvalue weighted by molar-refractivity contribution is 6.18. The number of rotatable bonds is 6. The third kappa shape index (κ3) is 4.74. The van der Waals surface area contributed by atoms with E-state index in [0.717, 1.165) is 11.3 Å². The quantitative estimate of drug-likeness (QED) is 0.590. The van der Waals surface area contributed by atoms with E-state index >= 15 is 0 Å². The number of nitrogens with zero attached hydrogens (tertiary/aromatic N) is 1. The van der Waals surface area contributed by atoms with E-state index in [-0.39, 0.29) is 18.2 Å². The Bertz CT molecular complexity index is 351. The predicted octanol–water partition coefficient (Wildman–Crippen LogP) is 3.60. The first-order valence-electron chi connectivity index (χ1n) is 5.17. The lowest BCUT2D eigenvalue weighted by atomic mass is 10.1. The summed E-state index contributed by atoms with van der Waals surface area (Å²) >= 11 is 11.5. The van der Waals surface area contributed by atoms with Crippen molar-refractivity contribution in [2.24, 2.45) is 0 Å². The molecule has 0 bridgehead atoms. The van der Waals surface area contributed by atoms with Gasteiger partial charge in [0, 0.05) is 36.1 Å². The average molecular weight is 297 g/mol. The van der Waals surface area contributed by atoms with Gasteiger partial charge in [-0.1, -0.05) is 12.1 Å². The van der Waals surface area contributed by atoms with E-state index in [1.165, 1.54) is 0 Å². The molecule has 17 heavy (non-hydrogen) atoms. The molecule has 0 radical (unpaired) electrons. The minimum absolute atomic E-state index is 0. The van der Waals surface area contributed by atoms with Gasteiger partial charge in [-0.15, -0.1) is 35.6 Å². The van der Waals surface area contributed by atoms with Gasteiger partial charge < -0.3 is 4.90 Å². The van der Waals surface area contributed by atoms with Crippen LogP contribution in [0.3, 0.4) is 0 Å². The summed E-state index contributed by atoms with van der Waals surface area (Å²) in [5, 5.41) is 0. The summed E-state index contributed by atoms with van der Waals surface area (Å²) in [5.41, 5.74) is 1.63. The van der Waals surface area contributed by atoms with Crippen molar-refractivity contribution < 1.29 is 4.79 Å². The van der Waals surface area contributed by atoms with Gasteiger partial charge in [0.25, 0.3) is 0 Å². The number of Topliss-reactive ketones (excluding diaryl/α,β-unsaturated/α-hetero) is 1. The number of ketones is 1.